The second-order valence-corrected chi connectivity index (χ2v) is 10.1. The van der Waals surface area contributed by atoms with Gasteiger partial charge >= 0.3 is 0 Å². The van der Waals surface area contributed by atoms with Crippen molar-refractivity contribution in [3.8, 4) is 0 Å². The number of fused-ring (bicyclic) bond motifs is 1. The summed E-state index contributed by atoms with van der Waals surface area (Å²) in [4.78, 5) is 74.3. The molecule has 2 unspecified atom stereocenters. The maximum absolute atomic E-state index is 13.1. The molecule has 2 aliphatic heterocycles. The molecule has 2 aliphatic rings. The van der Waals surface area contributed by atoms with Crippen molar-refractivity contribution in [2.24, 2.45) is 0 Å². The maximum atomic E-state index is 13.1. The molecule has 2 radical (unpaired) electrons. The largest absolute Gasteiger partial charge is 0.382 e. The monoisotopic (exact) mass is 619 g/mol. The van der Waals surface area contributed by atoms with E-state index in [0.717, 1.165) is 4.90 Å². The quantitative estimate of drug-likeness (QED) is 0.0731. The molecule has 2 heterocycles. The Morgan fingerprint density at radius 2 is 1.58 bits per heavy atom. The first-order valence-electron chi connectivity index (χ1n) is 14.4. The van der Waals surface area contributed by atoms with Crippen molar-refractivity contribution in [1.29, 1.82) is 0 Å². The summed E-state index contributed by atoms with van der Waals surface area (Å²) in [5.74, 6) is -2.81. The van der Waals surface area contributed by atoms with E-state index in [9.17, 15) is 28.8 Å². The number of hydrogen-bond acceptors (Lipinski definition) is 10. The number of carbonyl (C=O) groups excluding carboxylic acids is 6. The number of piperidine rings is 1. The number of imide groups is 2. The molecular weight excluding hydrogens is 585 g/mol. The standard InChI is InChI=1S/C30H34BN5O9/c31-30(34-19-37,20-5-2-1-3-6-20)29(42)33-12-14-44-16-18-45-17-15-43-13-11-32-22-8-4-7-21-25(22)28(41)36(27(21)40)23-9-10-24(38)35-26(23)39/h1-8,19,23,32H,9-18H2,(H,33,42)(H,34,37)(H,35,38,39). The lowest BCUT2D eigenvalue weighted by atomic mass is 9.71. The normalized spacial score (nSPS) is 17.3. The summed E-state index contributed by atoms with van der Waals surface area (Å²) in [5, 5.41) is 10.3. The molecule has 0 aromatic heterocycles. The van der Waals surface area contributed by atoms with Gasteiger partial charge < -0.3 is 30.2 Å². The van der Waals surface area contributed by atoms with Crippen LogP contribution < -0.4 is 21.3 Å². The van der Waals surface area contributed by atoms with Gasteiger partial charge in [-0.1, -0.05) is 36.4 Å². The Labute approximate surface area is 260 Å². The average molecular weight is 619 g/mol. The fraction of sp³-hybridized carbons (Fsp3) is 0.400. The second-order valence-electron chi connectivity index (χ2n) is 10.1. The fourth-order valence-corrected chi connectivity index (χ4v) is 4.91. The number of hydrogen-bond donors (Lipinski definition) is 4. The van der Waals surface area contributed by atoms with Gasteiger partial charge in [-0.3, -0.25) is 39.0 Å². The summed E-state index contributed by atoms with van der Waals surface area (Å²) >= 11 is 0. The van der Waals surface area contributed by atoms with Gasteiger partial charge in [0.05, 0.1) is 56.2 Å². The van der Waals surface area contributed by atoms with Crippen molar-refractivity contribution < 1.29 is 43.0 Å². The number of anilines is 1. The number of ether oxygens (including phenoxy) is 3. The molecular formula is C30H34BN5O9. The van der Waals surface area contributed by atoms with Crippen LogP contribution in [-0.4, -0.2) is 107 Å². The summed E-state index contributed by atoms with van der Waals surface area (Å²) in [7, 11) is 6.13. The molecule has 1 fully saturated rings. The molecule has 236 valence electrons. The minimum absolute atomic E-state index is 0.0519. The molecule has 1 saturated heterocycles. The number of carbonyl (C=O) groups is 6. The van der Waals surface area contributed by atoms with Crippen LogP contribution in [0.3, 0.4) is 0 Å². The third-order valence-electron chi connectivity index (χ3n) is 7.18. The van der Waals surface area contributed by atoms with Crippen LogP contribution >= 0.6 is 0 Å². The van der Waals surface area contributed by atoms with Crippen molar-refractivity contribution in [3.63, 3.8) is 0 Å². The Morgan fingerprint density at radius 1 is 0.911 bits per heavy atom. The Balaban J connectivity index is 1.07. The van der Waals surface area contributed by atoms with E-state index in [4.69, 9.17) is 22.1 Å². The van der Waals surface area contributed by atoms with Crippen molar-refractivity contribution in [2.45, 2.75) is 24.3 Å². The van der Waals surface area contributed by atoms with E-state index in [-0.39, 0.29) is 43.7 Å². The predicted octanol–water partition coefficient (Wildman–Crippen LogP) is -0.567. The zero-order valence-corrected chi connectivity index (χ0v) is 24.5. The van der Waals surface area contributed by atoms with Gasteiger partial charge in [0.2, 0.25) is 24.1 Å². The first kappa shape index (κ1) is 33.3. The van der Waals surface area contributed by atoms with Crippen LogP contribution in [0.15, 0.2) is 48.5 Å². The molecule has 0 spiro atoms. The van der Waals surface area contributed by atoms with E-state index in [0.29, 0.717) is 50.6 Å². The average Bonchev–Trinajstić information content (AvgIpc) is 3.29. The van der Waals surface area contributed by atoms with Gasteiger partial charge in [-0.25, -0.2) is 0 Å². The van der Waals surface area contributed by atoms with Gasteiger partial charge in [0.15, 0.2) is 0 Å². The molecule has 14 nitrogen and oxygen atoms in total. The zero-order chi connectivity index (χ0) is 32.2. The highest BCUT2D eigenvalue weighted by Gasteiger charge is 2.45. The van der Waals surface area contributed by atoms with E-state index < -0.39 is 41.0 Å². The van der Waals surface area contributed by atoms with Crippen molar-refractivity contribution in [2.75, 3.05) is 58.0 Å². The van der Waals surface area contributed by atoms with Crippen molar-refractivity contribution in [1.82, 2.24) is 20.9 Å². The summed E-state index contributed by atoms with van der Waals surface area (Å²) in [6.45, 7) is 2.27. The Hall–Kier alpha value is -4.60. The summed E-state index contributed by atoms with van der Waals surface area (Å²) in [6, 6.07) is 12.3. The lowest BCUT2D eigenvalue weighted by Crippen LogP contribution is -2.55. The molecule has 2 aromatic rings. The minimum Gasteiger partial charge on any atom is -0.382 e. The number of nitrogens with one attached hydrogen (secondary N) is 4. The highest BCUT2D eigenvalue weighted by atomic mass is 16.5. The molecule has 2 atom stereocenters. The molecule has 4 N–H and O–H groups in total. The van der Waals surface area contributed by atoms with Gasteiger partial charge in [-0.2, -0.15) is 0 Å². The van der Waals surface area contributed by atoms with Crippen LogP contribution in [0, 0.1) is 0 Å². The molecule has 6 amide bonds. The van der Waals surface area contributed by atoms with Gasteiger partial charge in [0.1, 0.15) is 13.9 Å². The molecule has 15 heteroatoms. The van der Waals surface area contributed by atoms with Crippen LogP contribution in [0.4, 0.5) is 5.69 Å². The summed E-state index contributed by atoms with van der Waals surface area (Å²) in [6.07, 6.45) is 0.516. The van der Waals surface area contributed by atoms with E-state index in [1.165, 1.54) is 6.07 Å². The van der Waals surface area contributed by atoms with Gasteiger partial charge in [0.25, 0.3) is 11.8 Å². The third-order valence-corrected chi connectivity index (χ3v) is 7.18. The van der Waals surface area contributed by atoms with E-state index in [1.54, 1.807) is 42.5 Å². The van der Waals surface area contributed by atoms with Crippen LogP contribution in [0.2, 0.25) is 0 Å². The SMILES string of the molecule is [B]C(NC=O)(C(=O)NCCOCCOCCOCCNc1cccc2c1C(=O)N(C1CCC(=O)NC1=O)C2=O)c1ccccc1. The van der Waals surface area contributed by atoms with Crippen LogP contribution in [0.5, 0.6) is 0 Å². The lowest BCUT2D eigenvalue weighted by molar-refractivity contribution is -0.136. The van der Waals surface area contributed by atoms with E-state index in [1.807, 2.05) is 0 Å². The third kappa shape index (κ3) is 8.12. The second kappa shape index (κ2) is 15.9. The fourth-order valence-electron chi connectivity index (χ4n) is 4.91. The lowest BCUT2D eigenvalue weighted by Gasteiger charge is -2.29. The molecule has 45 heavy (non-hydrogen) atoms. The highest BCUT2D eigenvalue weighted by Crippen LogP contribution is 2.32. The van der Waals surface area contributed by atoms with Gasteiger partial charge in [0, 0.05) is 25.2 Å². The number of amides is 6. The zero-order valence-electron chi connectivity index (χ0n) is 24.5. The molecule has 0 aliphatic carbocycles. The van der Waals surface area contributed by atoms with Gasteiger partial charge in [-0.05, 0) is 24.1 Å². The minimum atomic E-state index is -1.70. The van der Waals surface area contributed by atoms with Gasteiger partial charge in [-0.15, -0.1) is 0 Å². The highest BCUT2D eigenvalue weighted by molar-refractivity contribution is 6.29. The van der Waals surface area contributed by atoms with Crippen LogP contribution in [-0.2, 0) is 38.8 Å². The molecule has 2 aromatic carbocycles. The molecule has 0 bridgehead atoms. The van der Waals surface area contributed by atoms with Crippen LogP contribution in [0.25, 0.3) is 0 Å². The molecule has 0 saturated carbocycles. The summed E-state index contributed by atoms with van der Waals surface area (Å²) < 4.78 is 16.5. The van der Waals surface area contributed by atoms with E-state index in [2.05, 4.69) is 21.3 Å². The number of rotatable bonds is 18. The first-order chi connectivity index (χ1) is 21.8. The molecule has 4 rings (SSSR count). The Kier molecular flexibility index (Phi) is 11.8. The number of nitrogens with zero attached hydrogens (tertiary/aromatic N) is 1. The predicted molar refractivity (Wildman–Crippen MR) is 160 cm³/mol. The van der Waals surface area contributed by atoms with E-state index >= 15 is 0 Å². The first-order valence-corrected chi connectivity index (χ1v) is 14.4. The topological polar surface area (TPSA) is 181 Å². The Bertz CT molecular complexity index is 1410. The van der Waals surface area contributed by atoms with Crippen molar-refractivity contribution >= 4 is 49.5 Å². The van der Waals surface area contributed by atoms with Crippen LogP contribution in [0.1, 0.15) is 39.1 Å². The number of benzene rings is 2. The summed E-state index contributed by atoms with van der Waals surface area (Å²) in [5.41, 5.74) is -0.422. The smallest absolute Gasteiger partial charge is 0.264 e. The Morgan fingerprint density at radius 3 is 2.24 bits per heavy atom. The maximum Gasteiger partial charge on any atom is 0.264 e. The van der Waals surface area contributed by atoms with Crippen molar-refractivity contribution in [3.05, 3.63) is 65.2 Å².